The Hall–Kier alpha value is -4.84. The van der Waals surface area contributed by atoms with E-state index in [1.54, 1.807) is 31.2 Å². The fourth-order valence-electron chi connectivity index (χ4n) is 2.87. The maximum absolute atomic E-state index is 12.6. The molecule has 13 heteroatoms. The van der Waals surface area contributed by atoms with Crippen LogP contribution >= 0.6 is 11.6 Å². The van der Waals surface area contributed by atoms with Crippen molar-refractivity contribution in [2.75, 3.05) is 6.61 Å². The highest BCUT2D eigenvalue weighted by Crippen LogP contribution is 2.30. The number of nitro benzene ring substituents is 2. The van der Waals surface area contributed by atoms with Crippen LogP contribution in [0.3, 0.4) is 0 Å². The van der Waals surface area contributed by atoms with Crippen molar-refractivity contribution in [2.45, 2.75) is 6.92 Å². The third kappa shape index (κ3) is 6.61. The molecular weight excluding hydrogens is 496 g/mol. The lowest BCUT2D eigenvalue weighted by atomic mass is 10.1. The van der Waals surface area contributed by atoms with Gasteiger partial charge in [-0.25, -0.2) is 10.2 Å². The van der Waals surface area contributed by atoms with E-state index in [2.05, 4.69) is 10.5 Å². The van der Waals surface area contributed by atoms with Crippen LogP contribution in [0, 0.1) is 20.2 Å². The minimum Gasteiger partial charge on any atom is -0.490 e. The number of amides is 1. The summed E-state index contributed by atoms with van der Waals surface area (Å²) in [4.78, 5) is 45.2. The highest BCUT2D eigenvalue weighted by atomic mass is 35.5. The van der Waals surface area contributed by atoms with Crippen molar-refractivity contribution >= 4 is 41.1 Å². The number of halogens is 1. The zero-order chi connectivity index (χ0) is 26.2. The summed E-state index contributed by atoms with van der Waals surface area (Å²) >= 11 is 5.80. The van der Waals surface area contributed by atoms with Gasteiger partial charge in [0.25, 0.3) is 17.3 Å². The standard InChI is InChI=1S/C23H17ClN4O8/c1-2-35-21-9-14(13-25-26-22(29)15-4-6-17(24)7-5-15)3-8-20(21)36-23(30)16-10-18(27(31)32)12-19(11-16)28(33)34/h3-13H,2H2,1H3,(H,26,29)/b25-13+. The minimum absolute atomic E-state index is 0.0293. The Bertz CT molecular complexity index is 1330. The van der Waals surface area contributed by atoms with Crippen molar-refractivity contribution in [2.24, 2.45) is 5.10 Å². The summed E-state index contributed by atoms with van der Waals surface area (Å²) in [5.41, 5.74) is 1.57. The van der Waals surface area contributed by atoms with Gasteiger partial charge in [-0.1, -0.05) is 11.6 Å². The molecule has 12 nitrogen and oxygen atoms in total. The maximum atomic E-state index is 12.6. The quantitative estimate of drug-likeness (QED) is 0.143. The third-order valence-electron chi connectivity index (χ3n) is 4.52. The summed E-state index contributed by atoms with van der Waals surface area (Å²) < 4.78 is 10.8. The van der Waals surface area contributed by atoms with Crippen LogP contribution in [0.4, 0.5) is 11.4 Å². The van der Waals surface area contributed by atoms with Gasteiger partial charge >= 0.3 is 5.97 Å². The Morgan fingerprint density at radius 1 is 0.944 bits per heavy atom. The van der Waals surface area contributed by atoms with Crippen molar-refractivity contribution in [1.29, 1.82) is 0 Å². The molecule has 0 unspecified atom stereocenters. The molecule has 0 bridgehead atoms. The number of ether oxygens (including phenoxy) is 2. The van der Waals surface area contributed by atoms with Crippen molar-refractivity contribution in [1.82, 2.24) is 5.43 Å². The van der Waals surface area contributed by atoms with Gasteiger partial charge in [-0.3, -0.25) is 25.0 Å². The number of nitro groups is 2. The molecule has 0 fully saturated rings. The van der Waals surface area contributed by atoms with Crippen LogP contribution in [-0.2, 0) is 0 Å². The van der Waals surface area contributed by atoms with E-state index >= 15 is 0 Å². The van der Waals surface area contributed by atoms with E-state index in [-0.39, 0.29) is 23.7 Å². The number of hydrogen-bond acceptors (Lipinski definition) is 9. The van der Waals surface area contributed by atoms with Gasteiger partial charge in [0.2, 0.25) is 0 Å². The lowest BCUT2D eigenvalue weighted by Gasteiger charge is -2.11. The minimum atomic E-state index is -1.06. The Morgan fingerprint density at radius 2 is 1.58 bits per heavy atom. The highest BCUT2D eigenvalue weighted by Gasteiger charge is 2.22. The number of benzene rings is 3. The van der Waals surface area contributed by atoms with Crippen molar-refractivity contribution in [3.05, 3.63) is 103 Å². The molecule has 0 aliphatic carbocycles. The summed E-state index contributed by atoms with van der Waals surface area (Å²) in [7, 11) is 0. The van der Waals surface area contributed by atoms with Crippen molar-refractivity contribution < 1.29 is 28.9 Å². The molecule has 1 N–H and O–H groups in total. The van der Waals surface area contributed by atoms with Gasteiger partial charge in [0, 0.05) is 22.7 Å². The smallest absolute Gasteiger partial charge is 0.344 e. The number of rotatable bonds is 9. The van der Waals surface area contributed by atoms with E-state index in [0.29, 0.717) is 16.1 Å². The number of esters is 1. The average molecular weight is 513 g/mol. The summed E-state index contributed by atoms with van der Waals surface area (Å²) in [5, 5.41) is 26.5. The van der Waals surface area contributed by atoms with Gasteiger partial charge in [-0.2, -0.15) is 5.10 Å². The Balaban J connectivity index is 1.78. The number of hydrogen-bond donors (Lipinski definition) is 1. The van der Waals surface area contributed by atoms with Crippen molar-refractivity contribution in [3.63, 3.8) is 0 Å². The molecule has 0 radical (unpaired) electrons. The molecule has 3 aromatic carbocycles. The second-order valence-electron chi connectivity index (χ2n) is 6.99. The highest BCUT2D eigenvalue weighted by molar-refractivity contribution is 6.30. The van der Waals surface area contributed by atoms with Crippen LogP contribution in [0.5, 0.6) is 11.5 Å². The molecule has 0 aliphatic heterocycles. The number of carbonyl (C=O) groups is 2. The van der Waals surface area contributed by atoms with Gasteiger partial charge in [-0.15, -0.1) is 0 Å². The van der Waals surface area contributed by atoms with Gasteiger partial charge in [-0.05, 0) is 55.0 Å². The summed E-state index contributed by atoms with van der Waals surface area (Å²) in [6.45, 7) is 1.91. The van der Waals surface area contributed by atoms with Crippen LogP contribution in [-0.4, -0.2) is 34.5 Å². The Labute approximate surface area is 208 Å². The van der Waals surface area contributed by atoms with E-state index in [4.69, 9.17) is 21.1 Å². The first-order valence-corrected chi connectivity index (χ1v) is 10.6. The van der Waals surface area contributed by atoms with Crippen LogP contribution in [0.25, 0.3) is 0 Å². The van der Waals surface area contributed by atoms with Crippen LogP contribution in [0.1, 0.15) is 33.2 Å². The summed E-state index contributed by atoms with van der Waals surface area (Å²) in [6.07, 6.45) is 1.34. The molecule has 0 saturated carbocycles. The Morgan fingerprint density at radius 3 is 2.17 bits per heavy atom. The van der Waals surface area contributed by atoms with Crippen LogP contribution in [0.2, 0.25) is 5.02 Å². The van der Waals surface area contributed by atoms with E-state index in [1.165, 1.54) is 24.4 Å². The predicted molar refractivity (Wildman–Crippen MR) is 129 cm³/mol. The monoisotopic (exact) mass is 512 g/mol. The van der Waals surface area contributed by atoms with E-state index in [1.807, 2.05) is 0 Å². The first-order chi connectivity index (χ1) is 17.2. The van der Waals surface area contributed by atoms with Crippen LogP contribution < -0.4 is 14.9 Å². The third-order valence-corrected chi connectivity index (χ3v) is 4.77. The fourth-order valence-corrected chi connectivity index (χ4v) is 3.00. The normalized spacial score (nSPS) is 10.6. The van der Waals surface area contributed by atoms with Crippen LogP contribution in [0.15, 0.2) is 65.8 Å². The summed E-state index contributed by atoms with van der Waals surface area (Å²) in [6, 6.07) is 13.1. The first kappa shape index (κ1) is 25.8. The second kappa shape index (κ2) is 11.5. The fraction of sp³-hybridized carbons (Fsp3) is 0.0870. The number of hydrazone groups is 1. The van der Waals surface area contributed by atoms with Gasteiger partial charge in [0.15, 0.2) is 11.5 Å². The van der Waals surface area contributed by atoms with Gasteiger partial charge in [0.05, 0.1) is 34.3 Å². The largest absolute Gasteiger partial charge is 0.490 e. The lowest BCUT2D eigenvalue weighted by molar-refractivity contribution is -0.394. The first-order valence-electron chi connectivity index (χ1n) is 10.2. The molecule has 0 heterocycles. The molecule has 1 amide bonds. The molecule has 0 saturated heterocycles. The Kier molecular flexibility index (Phi) is 8.26. The molecule has 184 valence electrons. The van der Waals surface area contributed by atoms with Gasteiger partial charge < -0.3 is 9.47 Å². The zero-order valence-electron chi connectivity index (χ0n) is 18.5. The lowest BCUT2D eigenvalue weighted by Crippen LogP contribution is -2.17. The SMILES string of the molecule is CCOc1cc(/C=N/NC(=O)c2ccc(Cl)cc2)ccc1OC(=O)c1cc([N+](=O)[O-])cc([N+](=O)[O-])c1. The molecule has 0 aliphatic rings. The molecule has 3 rings (SSSR count). The number of nitrogens with zero attached hydrogens (tertiary/aromatic N) is 3. The summed E-state index contributed by atoms with van der Waals surface area (Å²) in [5.74, 6) is -1.40. The van der Waals surface area contributed by atoms with E-state index in [9.17, 15) is 29.8 Å². The second-order valence-corrected chi connectivity index (χ2v) is 7.42. The molecule has 36 heavy (non-hydrogen) atoms. The van der Waals surface area contributed by atoms with E-state index in [0.717, 1.165) is 18.2 Å². The number of carbonyl (C=O) groups excluding carboxylic acids is 2. The zero-order valence-corrected chi connectivity index (χ0v) is 19.3. The molecule has 0 spiro atoms. The van der Waals surface area contributed by atoms with Gasteiger partial charge in [0.1, 0.15) is 0 Å². The topological polar surface area (TPSA) is 163 Å². The van der Waals surface area contributed by atoms with Crippen molar-refractivity contribution in [3.8, 4) is 11.5 Å². The van der Waals surface area contributed by atoms with E-state index < -0.39 is 33.1 Å². The average Bonchev–Trinajstić information content (AvgIpc) is 2.85. The molecule has 0 atom stereocenters. The molecule has 0 aromatic heterocycles. The number of non-ortho nitro benzene ring substituents is 2. The predicted octanol–water partition coefficient (Wildman–Crippen LogP) is 4.54. The molecule has 3 aromatic rings. The number of nitrogens with one attached hydrogen (secondary N) is 1. The molecular formula is C23H17ClN4O8. The maximum Gasteiger partial charge on any atom is 0.344 e.